The molecule has 1 aromatic carbocycles. The van der Waals surface area contributed by atoms with Crippen LogP contribution in [-0.4, -0.2) is 16.5 Å². The van der Waals surface area contributed by atoms with Crippen molar-refractivity contribution in [1.29, 1.82) is 0 Å². The molecule has 0 aliphatic rings. The third kappa shape index (κ3) is 2.62. The van der Waals surface area contributed by atoms with Crippen molar-refractivity contribution in [2.75, 3.05) is 6.54 Å². The van der Waals surface area contributed by atoms with Crippen molar-refractivity contribution in [2.24, 2.45) is 5.73 Å². The third-order valence-corrected chi connectivity index (χ3v) is 2.65. The summed E-state index contributed by atoms with van der Waals surface area (Å²) in [5.41, 5.74) is 7.63. The van der Waals surface area contributed by atoms with Crippen LogP contribution >= 0.6 is 11.6 Å². The smallest absolute Gasteiger partial charge is 0.137 e. The van der Waals surface area contributed by atoms with E-state index in [1.54, 1.807) is 0 Å². The first-order chi connectivity index (χ1) is 7.79. The zero-order chi connectivity index (χ0) is 11.4. The van der Waals surface area contributed by atoms with Crippen LogP contribution in [-0.2, 0) is 6.42 Å². The number of rotatable bonds is 4. The average molecular weight is 236 g/mol. The van der Waals surface area contributed by atoms with E-state index in [4.69, 9.17) is 17.3 Å². The number of nitrogens with one attached hydrogen (secondary N) is 1. The number of halogens is 1. The van der Waals surface area contributed by atoms with Crippen LogP contribution in [0.4, 0.5) is 0 Å². The van der Waals surface area contributed by atoms with Gasteiger partial charge >= 0.3 is 0 Å². The minimum atomic E-state index is 0.704. The molecule has 0 aliphatic carbocycles. The Morgan fingerprint density at radius 2 is 2.00 bits per heavy atom. The molecule has 0 fully saturated rings. The summed E-state index contributed by atoms with van der Waals surface area (Å²) in [4.78, 5) is 7.60. The molecule has 84 valence electrons. The fourth-order valence-electron chi connectivity index (χ4n) is 1.53. The Bertz CT molecular complexity index is 448. The molecule has 2 rings (SSSR count). The highest BCUT2D eigenvalue weighted by molar-refractivity contribution is 6.30. The van der Waals surface area contributed by atoms with Crippen molar-refractivity contribution in [3.05, 3.63) is 41.2 Å². The van der Waals surface area contributed by atoms with Crippen molar-refractivity contribution in [2.45, 2.75) is 12.8 Å². The lowest BCUT2D eigenvalue weighted by molar-refractivity contribution is 0.816. The standard InChI is InChI=1S/C12H14ClN3/c13-10-5-3-9(4-6-10)12-15-8-11(16-12)2-1-7-14/h3-6,8H,1-2,7,14H2,(H,15,16). The van der Waals surface area contributed by atoms with E-state index in [-0.39, 0.29) is 0 Å². The molecule has 0 aliphatic heterocycles. The Morgan fingerprint density at radius 1 is 1.25 bits per heavy atom. The van der Waals surface area contributed by atoms with Crippen molar-refractivity contribution in [1.82, 2.24) is 9.97 Å². The summed E-state index contributed by atoms with van der Waals surface area (Å²) in [6.07, 6.45) is 3.78. The number of aromatic nitrogens is 2. The molecule has 0 bridgehead atoms. The molecular formula is C12H14ClN3. The zero-order valence-electron chi connectivity index (χ0n) is 8.91. The largest absolute Gasteiger partial charge is 0.342 e. The Hall–Kier alpha value is -1.32. The van der Waals surface area contributed by atoms with Crippen LogP contribution in [0.15, 0.2) is 30.5 Å². The number of nitrogens with two attached hydrogens (primary N) is 1. The molecule has 3 nitrogen and oxygen atoms in total. The summed E-state index contributed by atoms with van der Waals surface area (Å²) < 4.78 is 0. The van der Waals surface area contributed by atoms with Gasteiger partial charge in [0, 0.05) is 22.5 Å². The van der Waals surface area contributed by atoms with Gasteiger partial charge in [0.05, 0.1) is 0 Å². The van der Waals surface area contributed by atoms with Gasteiger partial charge in [0.2, 0.25) is 0 Å². The van der Waals surface area contributed by atoms with Gasteiger partial charge in [0.15, 0.2) is 0 Å². The molecule has 0 saturated heterocycles. The summed E-state index contributed by atoms with van der Waals surface area (Å²) in [6.45, 7) is 0.704. The molecular weight excluding hydrogens is 222 g/mol. The quantitative estimate of drug-likeness (QED) is 0.856. The lowest BCUT2D eigenvalue weighted by Gasteiger charge is -1.97. The van der Waals surface area contributed by atoms with Crippen LogP contribution in [0, 0.1) is 0 Å². The second kappa shape index (κ2) is 5.14. The number of aromatic amines is 1. The molecule has 0 amide bonds. The topological polar surface area (TPSA) is 54.7 Å². The second-order valence-electron chi connectivity index (χ2n) is 3.66. The summed E-state index contributed by atoms with van der Waals surface area (Å²) in [6, 6.07) is 7.62. The van der Waals surface area contributed by atoms with E-state index >= 15 is 0 Å². The van der Waals surface area contributed by atoms with Gasteiger partial charge in [0.1, 0.15) is 5.82 Å². The first-order valence-corrected chi connectivity index (χ1v) is 5.67. The number of imidazole rings is 1. The molecule has 1 heterocycles. The maximum Gasteiger partial charge on any atom is 0.137 e. The normalized spacial score (nSPS) is 10.6. The first-order valence-electron chi connectivity index (χ1n) is 5.29. The molecule has 2 aromatic rings. The Morgan fingerprint density at radius 3 is 2.69 bits per heavy atom. The molecule has 16 heavy (non-hydrogen) atoms. The van der Waals surface area contributed by atoms with E-state index in [2.05, 4.69) is 9.97 Å². The summed E-state index contributed by atoms with van der Waals surface area (Å²) >= 11 is 5.83. The van der Waals surface area contributed by atoms with Crippen LogP contribution in [0.25, 0.3) is 11.4 Å². The number of nitrogens with zero attached hydrogens (tertiary/aromatic N) is 1. The second-order valence-corrected chi connectivity index (χ2v) is 4.09. The van der Waals surface area contributed by atoms with Crippen LogP contribution in [0.2, 0.25) is 5.02 Å². The minimum Gasteiger partial charge on any atom is -0.342 e. The van der Waals surface area contributed by atoms with Crippen molar-refractivity contribution in [3.8, 4) is 11.4 Å². The SMILES string of the molecule is NCCCc1cnc(-c2ccc(Cl)cc2)[nH]1. The van der Waals surface area contributed by atoms with Gasteiger partial charge in [-0.2, -0.15) is 0 Å². The van der Waals surface area contributed by atoms with Crippen LogP contribution in [0.5, 0.6) is 0 Å². The van der Waals surface area contributed by atoms with Gasteiger partial charge in [-0.05, 0) is 43.7 Å². The van der Waals surface area contributed by atoms with E-state index < -0.39 is 0 Å². The summed E-state index contributed by atoms with van der Waals surface area (Å²) in [7, 11) is 0. The van der Waals surface area contributed by atoms with E-state index in [1.165, 1.54) is 0 Å². The highest BCUT2D eigenvalue weighted by Gasteiger charge is 2.02. The lowest BCUT2D eigenvalue weighted by Crippen LogP contribution is -2.00. The first kappa shape index (κ1) is 11.2. The fourth-order valence-corrected chi connectivity index (χ4v) is 1.66. The number of aryl methyl sites for hydroxylation is 1. The van der Waals surface area contributed by atoms with Crippen LogP contribution in [0.3, 0.4) is 0 Å². The van der Waals surface area contributed by atoms with E-state index in [0.29, 0.717) is 6.54 Å². The number of benzene rings is 1. The molecule has 0 saturated carbocycles. The van der Waals surface area contributed by atoms with E-state index in [0.717, 1.165) is 34.9 Å². The highest BCUT2D eigenvalue weighted by atomic mass is 35.5. The summed E-state index contributed by atoms with van der Waals surface area (Å²) in [5, 5.41) is 0.735. The van der Waals surface area contributed by atoms with E-state index in [9.17, 15) is 0 Å². The van der Waals surface area contributed by atoms with Gasteiger partial charge in [0.25, 0.3) is 0 Å². The Labute approximate surface area is 99.7 Å². The number of H-pyrrole nitrogens is 1. The van der Waals surface area contributed by atoms with Crippen LogP contribution in [0.1, 0.15) is 12.1 Å². The number of hydrogen-bond acceptors (Lipinski definition) is 2. The van der Waals surface area contributed by atoms with Gasteiger partial charge < -0.3 is 10.7 Å². The highest BCUT2D eigenvalue weighted by Crippen LogP contribution is 2.18. The molecule has 0 spiro atoms. The van der Waals surface area contributed by atoms with Gasteiger partial charge in [-0.1, -0.05) is 11.6 Å². The molecule has 1 aromatic heterocycles. The zero-order valence-corrected chi connectivity index (χ0v) is 9.67. The number of hydrogen-bond donors (Lipinski definition) is 2. The average Bonchev–Trinajstić information content (AvgIpc) is 2.76. The lowest BCUT2D eigenvalue weighted by atomic mass is 10.2. The summed E-state index contributed by atoms with van der Waals surface area (Å²) in [5.74, 6) is 0.878. The third-order valence-electron chi connectivity index (χ3n) is 2.40. The predicted molar refractivity (Wildman–Crippen MR) is 66.4 cm³/mol. The molecule has 0 unspecified atom stereocenters. The molecule has 4 heteroatoms. The van der Waals surface area contributed by atoms with Gasteiger partial charge in [-0.3, -0.25) is 0 Å². The van der Waals surface area contributed by atoms with Crippen LogP contribution < -0.4 is 5.73 Å². The predicted octanol–water partition coefficient (Wildman–Crippen LogP) is 2.62. The van der Waals surface area contributed by atoms with Crippen molar-refractivity contribution < 1.29 is 0 Å². The fraction of sp³-hybridized carbons (Fsp3) is 0.250. The van der Waals surface area contributed by atoms with Gasteiger partial charge in [-0.15, -0.1) is 0 Å². The molecule has 0 radical (unpaired) electrons. The Kier molecular flexibility index (Phi) is 3.59. The van der Waals surface area contributed by atoms with E-state index in [1.807, 2.05) is 30.5 Å². The van der Waals surface area contributed by atoms with Crippen molar-refractivity contribution >= 4 is 11.6 Å². The van der Waals surface area contributed by atoms with Crippen molar-refractivity contribution in [3.63, 3.8) is 0 Å². The van der Waals surface area contributed by atoms with Gasteiger partial charge in [-0.25, -0.2) is 4.98 Å². The minimum absolute atomic E-state index is 0.704. The monoisotopic (exact) mass is 235 g/mol. The maximum absolute atomic E-state index is 5.83. The molecule has 0 atom stereocenters. The maximum atomic E-state index is 5.83. The Balaban J connectivity index is 2.15. The molecule has 3 N–H and O–H groups in total.